The smallest absolute Gasteiger partial charge is 0.0619 e. The molecule has 0 aliphatic carbocycles. The second-order valence-electron chi connectivity index (χ2n) is 7.00. The average molecular weight is 348 g/mol. The molecule has 0 aliphatic heterocycles. The minimum atomic E-state index is -0.0789. The Morgan fingerprint density at radius 1 is 0.520 bits per heavy atom. The van der Waals surface area contributed by atoms with Crippen LogP contribution >= 0.6 is 0 Å². The summed E-state index contributed by atoms with van der Waals surface area (Å²) in [5, 5.41) is 0. The van der Waals surface area contributed by atoms with E-state index in [1.807, 2.05) is 0 Å². The van der Waals surface area contributed by atoms with Crippen molar-refractivity contribution < 1.29 is 0 Å². The zero-order valence-corrected chi connectivity index (χ0v) is 16.4. The summed E-state index contributed by atoms with van der Waals surface area (Å²) in [7, 11) is -0.0789. The van der Waals surface area contributed by atoms with Crippen molar-refractivity contribution in [1.29, 1.82) is 0 Å². The lowest BCUT2D eigenvalue weighted by Crippen LogP contribution is -2.11. The highest BCUT2D eigenvalue weighted by Gasteiger charge is 2.34. The van der Waals surface area contributed by atoms with Gasteiger partial charge in [-0.15, -0.1) is 0 Å². The van der Waals surface area contributed by atoms with E-state index in [1.165, 1.54) is 25.8 Å². The lowest BCUT2D eigenvalue weighted by molar-refractivity contribution is 0.832. The van der Waals surface area contributed by atoms with Crippen LogP contribution in [-0.4, -0.2) is 0 Å². The monoisotopic (exact) mass is 347 g/mol. The summed E-state index contributed by atoms with van der Waals surface area (Å²) >= 11 is 0. The summed E-state index contributed by atoms with van der Waals surface area (Å²) in [5.74, 6) is 1.03. The molecule has 3 aromatic rings. The summed E-state index contributed by atoms with van der Waals surface area (Å²) < 4.78 is 0. The largest absolute Gasteiger partial charge is 0.170 e. The Morgan fingerprint density at radius 3 is 1.36 bits per heavy atom. The van der Waals surface area contributed by atoms with E-state index in [-0.39, 0.29) is 10.9 Å². The lowest BCUT2D eigenvalue weighted by Gasteiger charge is -2.17. The minimum absolute atomic E-state index is 0.0789. The molecule has 3 rings (SSSR count). The van der Waals surface area contributed by atoms with Gasteiger partial charge in [0.25, 0.3) is 0 Å². The quantitative estimate of drug-likeness (QED) is 0.435. The first-order chi connectivity index (χ1) is 12.1. The molecule has 0 nitrogen and oxygen atoms in total. The Labute approximate surface area is 155 Å². The number of hydrogen-bond acceptors (Lipinski definition) is 0. The molecule has 0 amide bonds. The third-order valence-electron chi connectivity index (χ3n) is 4.50. The van der Waals surface area contributed by atoms with E-state index in [2.05, 4.69) is 107 Å². The van der Waals surface area contributed by atoms with Crippen LogP contribution < -0.4 is 0 Å². The fourth-order valence-corrected chi connectivity index (χ4v) is 5.90. The van der Waals surface area contributed by atoms with E-state index < -0.39 is 0 Å². The molecule has 0 atom stereocenters. The van der Waals surface area contributed by atoms with Crippen LogP contribution in [0.15, 0.2) is 93.5 Å². The summed E-state index contributed by atoms with van der Waals surface area (Å²) in [6.45, 7) is 9.17. The Hall–Kier alpha value is -1.99. The summed E-state index contributed by atoms with van der Waals surface area (Å²) in [4.78, 5) is 4.30. The maximum absolute atomic E-state index is 2.32. The van der Waals surface area contributed by atoms with Crippen molar-refractivity contribution in [2.24, 2.45) is 0 Å². The predicted octanol–water partition coefficient (Wildman–Crippen LogP) is 7.03. The van der Waals surface area contributed by atoms with Gasteiger partial charge >= 0.3 is 0 Å². The van der Waals surface area contributed by atoms with E-state index in [4.69, 9.17) is 0 Å². The second-order valence-corrected chi connectivity index (χ2v) is 8.97. The standard InChI is InChI=1S/C24H27S/c1-18(2)21-14-8-10-16-23(21)25(20-12-6-5-7-13-20)24-17-11-9-15-22(24)19(3)4/h5-19H,1-4H3/q+1. The van der Waals surface area contributed by atoms with Gasteiger partial charge in [0.2, 0.25) is 0 Å². The fourth-order valence-electron chi connectivity index (χ4n) is 3.22. The predicted molar refractivity (Wildman–Crippen MR) is 110 cm³/mol. The van der Waals surface area contributed by atoms with Gasteiger partial charge in [-0.2, -0.15) is 0 Å². The first kappa shape index (κ1) is 17.8. The Kier molecular flexibility index (Phi) is 5.65. The van der Waals surface area contributed by atoms with E-state index in [1.54, 1.807) is 0 Å². The minimum Gasteiger partial charge on any atom is -0.0619 e. The lowest BCUT2D eigenvalue weighted by atomic mass is 10.0. The van der Waals surface area contributed by atoms with Crippen LogP contribution in [0.1, 0.15) is 50.7 Å². The van der Waals surface area contributed by atoms with Crippen molar-refractivity contribution in [2.75, 3.05) is 0 Å². The van der Waals surface area contributed by atoms with Gasteiger partial charge in [0.15, 0.2) is 14.7 Å². The normalized spacial score (nSPS) is 11.5. The van der Waals surface area contributed by atoms with E-state index in [0.717, 1.165) is 0 Å². The van der Waals surface area contributed by atoms with Crippen LogP contribution in [0.4, 0.5) is 0 Å². The molecule has 0 saturated heterocycles. The fraction of sp³-hybridized carbons (Fsp3) is 0.250. The number of benzene rings is 3. The van der Waals surface area contributed by atoms with Crippen LogP contribution in [-0.2, 0) is 10.9 Å². The molecule has 0 unspecified atom stereocenters. The Bertz CT molecular complexity index is 767. The van der Waals surface area contributed by atoms with Gasteiger partial charge in [-0.25, -0.2) is 0 Å². The molecule has 0 bridgehead atoms. The molecular weight excluding hydrogens is 320 g/mol. The molecule has 0 heterocycles. The second kappa shape index (κ2) is 7.93. The highest BCUT2D eigenvalue weighted by Crippen LogP contribution is 2.38. The Balaban J connectivity index is 2.27. The molecule has 0 spiro atoms. The van der Waals surface area contributed by atoms with E-state index >= 15 is 0 Å². The van der Waals surface area contributed by atoms with E-state index in [0.29, 0.717) is 11.8 Å². The molecule has 1 heteroatoms. The molecule has 3 aromatic carbocycles. The van der Waals surface area contributed by atoms with Gasteiger partial charge in [0, 0.05) is 11.1 Å². The topological polar surface area (TPSA) is 0 Å². The van der Waals surface area contributed by atoms with Crippen LogP contribution in [0.25, 0.3) is 0 Å². The number of rotatable bonds is 5. The van der Waals surface area contributed by atoms with Gasteiger partial charge < -0.3 is 0 Å². The van der Waals surface area contributed by atoms with Gasteiger partial charge in [-0.3, -0.25) is 0 Å². The van der Waals surface area contributed by atoms with Crippen LogP contribution in [0.2, 0.25) is 0 Å². The summed E-state index contributed by atoms with van der Waals surface area (Å²) in [6, 6.07) is 28.9. The number of hydrogen-bond donors (Lipinski definition) is 0. The molecule has 0 aromatic heterocycles. The van der Waals surface area contributed by atoms with Gasteiger partial charge in [0.1, 0.15) is 0 Å². The van der Waals surface area contributed by atoms with Crippen molar-refractivity contribution in [3.8, 4) is 0 Å². The van der Waals surface area contributed by atoms with E-state index in [9.17, 15) is 0 Å². The Morgan fingerprint density at radius 2 is 0.920 bits per heavy atom. The summed E-state index contributed by atoms with van der Waals surface area (Å²) in [6.07, 6.45) is 0. The van der Waals surface area contributed by atoms with Crippen LogP contribution in [0.5, 0.6) is 0 Å². The van der Waals surface area contributed by atoms with Crippen molar-refractivity contribution in [1.82, 2.24) is 0 Å². The zero-order valence-electron chi connectivity index (χ0n) is 15.6. The maximum Gasteiger partial charge on any atom is 0.170 e. The van der Waals surface area contributed by atoms with Gasteiger partial charge in [-0.1, -0.05) is 82.3 Å². The molecular formula is C24H27S+. The highest BCUT2D eigenvalue weighted by molar-refractivity contribution is 7.97. The third kappa shape index (κ3) is 3.82. The first-order valence-corrected chi connectivity index (χ1v) is 10.3. The van der Waals surface area contributed by atoms with Crippen LogP contribution in [0, 0.1) is 0 Å². The van der Waals surface area contributed by atoms with Crippen molar-refractivity contribution >= 4 is 10.9 Å². The van der Waals surface area contributed by atoms with Crippen molar-refractivity contribution in [3.05, 3.63) is 90.0 Å². The molecule has 25 heavy (non-hydrogen) atoms. The maximum atomic E-state index is 2.32. The van der Waals surface area contributed by atoms with Crippen LogP contribution in [0.3, 0.4) is 0 Å². The van der Waals surface area contributed by atoms with Gasteiger partial charge in [0.05, 0.1) is 10.9 Å². The molecule has 0 radical (unpaired) electrons. The SMILES string of the molecule is CC(C)c1ccccc1[S+](c1ccccc1)c1ccccc1C(C)C. The third-order valence-corrected chi connectivity index (χ3v) is 6.87. The molecule has 0 saturated carbocycles. The highest BCUT2D eigenvalue weighted by atomic mass is 32.2. The molecule has 0 N–H and O–H groups in total. The van der Waals surface area contributed by atoms with Crippen molar-refractivity contribution in [2.45, 2.75) is 54.2 Å². The molecule has 128 valence electrons. The first-order valence-electron chi connectivity index (χ1n) is 9.06. The zero-order chi connectivity index (χ0) is 17.8. The van der Waals surface area contributed by atoms with Gasteiger partial charge in [-0.05, 0) is 36.1 Å². The molecule has 0 fully saturated rings. The van der Waals surface area contributed by atoms with Crippen molar-refractivity contribution in [3.63, 3.8) is 0 Å². The average Bonchev–Trinajstić information content (AvgIpc) is 2.63. The molecule has 0 aliphatic rings. The summed E-state index contributed by atoms with van der Waals surface area (Å²) in [5.41, 5.74) is 2.90.